The highest BCUT2D eigenvalue weighted by Crippen LogP contribution is 2.40. The van der Waals surface area contributed by atoms with Gasteiger partial charge in [-0.2, -0.15) is 3.89 Å². The van der Waals surface area contributed by atoms with Crippen LogP contribution < -0.4 is 0 Å². The number of hydrogen-bond acceptors (Lipinski definition) is 4. The Morgan fingerprint density at radius 1 is 1.38 bits per heavy atom. The summed E-state index contributed by atoms with van der Waals surface area (Å²) in [7, 11) is 1.38. The number of thiol groups is 1. The Hall–Kier alpha value is -1.59. The van der Waals surface area contributed by atoms with E-state index < -0.39 is 5.97 Å². The minimum absolute atomic E-state index is 0.0236. The Morgan fingerprint density at radius 3 is 2.62 bits per heavy atom. The number of aryl methyl sites for hydroxylation is 1. The van der Waals surface area contributed by atoms with Crippen LogP contribution in [0.15, 0.2) is 41.2 Å². The summed E-state index contributed by atoms with van der Waals surface area (Å²) in [5.41, 5.74) is 2.79. The zero-order chi connectivity index (χ0) is 15.5. The van der Waals surface area contributed by atoms with Gasteiger partial charge in [-0.3, -0.25) is 0 Å². The van der Waals surface area contributed by atoms with E-state index in [2.05, 4.69) is 43.1 Å². The van der Waals surface area contributed by atoms with Gasteiger partial charge in [-0.05, 0) is 6.92 Å². The Bertz CT molecular complexity index is 580. The summed E-state index contributed by atoms with van der Waals surface area (Å²) in [6, 6.07) is 8.36. The largest absolute Gasteiger partial charge is 0.461 e. The highest BCUT2D eigenvalue weighted by atomic mass is 32.1. The molecule has 2 unspecified atom stereocenters. The minimum atomic E-state index is -0.393. The molecular weight excluding hydrogens is 284 g/mol. The first-order chi connectivity index (χ1) is 10.0. The zero-order valence-electron chi connectivity index (χ0n) is 12.6. The molecule has 0 saturated heterocycles. The number of carbonyl (C=O) groups is 1. The van der Waals surface area contributed by atoms with Crippen LogP contribution in [0.25, 0.3) is 0 Å². The van der Waals surface area contributed by atoms with Crippen molar-refractivity contribution in [1.29, 1.82) is 0 Å². The Labute approximate surface area is 131 Å². The number of methoxy groups -OCH3 is 1. The Balaban J connectivity index is 2.41. The van der Waals surface area contributed by atoms with Crippen molar-refractivity contribution in [2.75, 3.05) is 7.11 Å². The molecule has 1 heterocycles. The molecule has 112 valence electrons. The maximum absolute atomic E-state index is 12.0. The first-order valence-corrected chi connectivity index (χ1v) is 7.44. The zero-order valence-corrected chi connectivity index (χ0v) is 13.5. The second kappa shape index (κ2) is 6.45. The first-order valence-electron chi connectivity index (χ1n) is 7.04. The number of esters is 1. The fourth-order valence-corrected chi connectivity index (χ4v) is 3.01. The molecule has 0 N–H and O–H groups in total. The molecule has 5 heteroatoms. The van der Waals surface area contributed by atoms with E-state index >= 15 is 0 Å². The third kappa shape index (κ3) is 3.04. The lowest BCUT2D eigenvalue weighted by Crippen LogP contribution is -2.41. The average Bonchev–Trinajstić information content (AvgIpc) is 2.88. The van der Waals surface area contributed by atoms with Gasteiger partial charge in [0.25, 0.3) is 5.70 Å². The SMILES string of the molecule is CCCC(c1ccc(C)cc1)[N+]1(S)C=NC=C1C(=O)OC. The molecule has 0 saturated carbocycles. The number of benzene rings is 1. The number of carbonyl (C=O) groups excluding carboxylic acids is 1. The Kier molecular flexibility index (Phi) is 4.85. The van der Waals surface area contributed by atoms with Crippen LogP contribution in [-0.4, -0.2) is 23.3 Å². The van der Waals surface area contributed by atoms with E-state index in [0.29, 0.717) is 5.70 Å². The fraction of sp³-hybridized carbons (Fsp3) is 0.375. The predicted octanol–water partition coefficient (Wildman–Crippen LogP) is 3.55. The quantitative estimate of drug-likeness (QED) is 0.513. The summed E-state index contributed by atoms with van der Waals surface area (Å²) >= 11 is 4.75. The highest BCUT2D eigenvalue weighted by Gasteiger charge is 2.45. The number of rotatable bonds is 5. The molecule has 0 amide bonds. The minimum Gasteiger partial charge on any atom is -0.461 e. The summed E-state index contributed by atoms with van der Waals surface area (Å²) in [6.07, 6.45) is 5.11. The van der Waals surface area contributed by atoms with E-state index in [1.807, 2.05) is 0 Å². The van der Waals surface area contributed by atoms with Crippen LogP contribution in [0.4, 0.5) is 0 Å². The van der Waals surface area contributed by atoms with Gasteiger partial charge in [0, 0.05) is 12.0 Å². The van der Waals surface area contributed by atoms with Crippen molar-refractivity contribution in [3.63, 3.8) is 0 Å². The second-order valence-electron chi connectivity index (χ2n) is 5.22. The van der Waals surface area contributed by atoms with Gasteiger partial charge in [-0.25, -0.2) is 9.79 Å². The van der Waals surface area contributed by atoms with Crippen molar-refractivity contribution in [1.82, 2.24) is 0 Å². The molecule has 0 bridgehead atoms. The van der Waals surface area contributed by atoms with E-state index in [4.69, 9.17) is 17.6 Å². The fourth-order valence-electron chi connectivity index (χ4n) is 2.56. The first kappa shape index (κ1) is 15.8. The van der Waals surface area contributed by atoms with E-state index in [0.717, 1.165) is 18.4 Å². The lowest BCUT2D eigenvalue weighted by atomic mass is 9.99. The molecule has 0 spiro atoms. The van der Waals surface area contributed by atoms with Gasteiger partial charge in [-0.1, -0.05) is 43.2 Å². The van der Waals surface area contributed by atoms with Gasteiger partial charge in [0.05, 0.1) is 19.9 Å². The van der Waals surface area contributed by atoms with Gasteiger partial charge in [-0.15, -0.1) is 0 Å². The van der Waals surface area contributed by atoms with Crippen LogP contribution >= 0.6 is 12.8 Å². The molecule has 0 aliphatic carbocycles. The number of aliphatic imine (C=N–C) groups is 1. The van der Waals surface area contributed by atoms with Crippen LogP contribution in [0.5, 0.6) is 0 Å². The van der Waals surface area contributed by atoms with E-state index in [-0.39, 0.29) is 9.93 Å². The summed E-state index contributed by atoms with van der Waals surface area (Å²) in [4.78, 5) is 16.1. The molecule has 0 fully saturated rings. The van der Waals surface area contributed by atoms with Gasteiger partial charge >= 0.3 is 5.97 Å². The monoisotopic (exact) mass is 305 g/mol. The summed E-state index contributed by atoms with van der Waals surface area (Å²) in [5.74, 6) is -0.393. The second-order valence-corrected chi connectivity index (χ2v) is 5.89. The van der Waals surface area contributed by atoms with Crippen LogP contribution in [-0.2, 0) is 9.53 Å². The number of hydrogen-bond donors (Lipinski definition) is 1. The maximum Gasteiger partial charge on any atom is 0.395 e. The molecule has 0 aromatic heterocycles. The molecule has 1 aromatic carbocycles. The van der Waals surface area contributed by atoms with Crippen molar-refractivity contribution < 1.29 is 13.4 Å². The van der Waals surface area contributed by atoms with E-state index in [1.54, 1.807) is 6.34 Å². The molecule has 1 aromatic rings. The maximum atomic E-state index is 12.0. The molecule has 2 atom stereocenters. The van der Waals surface area contributed by atoms with Gasteiger partial charge < -0.3 is 4.74 Å². The summed E-state index contributed by atoms with van der Waals surface area (Å²) in [5, 5.41) is 0. The van der Waals surface area contributed by atoms with Crippen molar-refractivity contribution >= 4 is 25.1 Å². The molecule has 2 rings (SSSR count). The van der Waals surface area contributed by atoms with Gasteiger partial charge in [0.15, 0.2) is 0 Å². The lowest BCUT2D eigenvalue weighted by molar-refractivity contribution is -0.677. The molecule has 0 radical (unpaired) electrons. The standard InChI is InChI=1S/C16H21N2O2S/c1-4-5-14(13-8-6-12(2)7-9-13)18(21)11-17-10-15(18)16(19)20-3/h6-11,14,21H,4-5H2,1-3H3/q+1. The third-order valence-corrected chi connectivity index (χ3v) is 4.32. The predicted molar refractivity (Wildman–Crippen MR) is 86.7 cm³/mol. The Morgan fingerprint density at radius 2 is 2.05 bits per heavy atom. The number of nitrogens with zero attached hydrogens (tertiary/aromatic N) is 2. The van der Waals surface area contributed by atoms with Crippen molar-refractivity contribution in [3.05, 3.63) is 47.3 Å². The van der Waals surface area contributed by atoms with Gasteiger partial charge in [0.1, 0.15) is 12.2 Å². The van der Waals surface area contributed by atoms with E-state index in [9.17, 15) is 4.79 Å². The van der Waals surface area contributed by atoms with Crippen molar-refractivity contribution in [2.24, 2.45) is 4.99 Å². The highest BCUT2D eigenvalue weighted by molar-refractivity contribution is 7.74. The summed E-state index contributed by atoms with van der Waals surface area (Å²) < 4.78 is 4.92. The molecular formula is C16H21N2O2S+. The number of ether oxygens (including phenoxy) is 1. The lowest BCUT2D eigenvalue weighted by Gasteiger charge is -2.33. The van der Waals surface area contributed by atoms with Crippen LogP contribution in [0.1, 0.15) is 36.9 Å². The molecule has 1 aliphatic heterocycles. The number of quaternary nitrogens is 1. The molecule has 4 nitrogen and oxygen atoms in total. The van der Waals surface area contributed by atoms with Crippen molar-refractivity contribution in [3.8, 4) is 0 Å². The summed E-state index contributed by atoms with van der Waals surface area (Å²) in [6.45, 7) is 4.18. The molecule has 1 aliphatic rings. The van der Waals surface area contributed by atoms with Gasteiger partial charge in [0.2, 0.25) is 6.34 Å². The van der Waals surface area contributed by atoms with E-state index in [1.165, 1.54) is 18.9 Å². The van der Waals surface area contributed by atoms with Crippen molar-refractivity contribution in [2.45, 2.75) is 32.7 Å². The van der Waals surface area contributed by atoms with Crippen LogP contribution in [0, 0.1) is 6.92 Å². The third-order valence-electron chi connectivity index (χ3n) is 3.72. The van der Waals surface area contributed by atoms with Crippen LogP contribution in [0.2, 0.25) is 0 Å². The normalized spacial score (nSPS) is 22.0. The average molecular weight is 305 g/mol. The molecule has 21 heavy (non-hydrogen) atoms. The van der Waals surface area contributed by atoms with Crippen LogP contribution in [0.3, 0.4) is 0 Å². The smallest absolute Gasteiger partial charge is 0.395 e. The topological polar surface area (TPSA) is 38.7 Å².